The van der Waals surface area contributed by atoms with Gasteiger partial charge in [-0.1, -0.05) is 0 Å². The van der Waals surface area contributed by atoms with Crippen LogP contribution in [0.15, 0.2) is 36.9 Å². The number of thiazole rings is 1. The number of halogens is 5. The van der Waals surface area contributed by atoms with Gasteiger partial charge < -0.3 is 5.32 Å². The summed E-state index contributed by atoms with van der Waals surface area (Å²) in [6.07, 6.45) is 0.325. The van der Waals surface area contributed by atoms with Crippen LogP contribution < -0.4 is 5.32 Å². The number of benzene rings is 1. The molecule has 4 aromatic rings. The molecule has 0 spiro atoms. The number of amides is 1. The molecule has 13 heteroatoms. The number of fused-ring (bicyclic) bond motifs is 1. The van der Waals surface area contributed by atoms with Gasteiger partial charge in [-0.3, -0.25) is 9.48 Å². The van der Waals surface area contributed by atoms with Crippen molar-refractivity contribution in [2.24, 2.45) is 5.92 Å². The zero-order valence-corrected chi connectivity index (χ0v) is 20.5. The van der Waals surface area contributed by atoms with Gasteiger partial charge in [0, 0.05) is 64.9 Å². The lowest BCUT2D eigenvalue weighted by atomic mass is 9.81. The molecule has 0 bridgehead atoms. The summed E-state index contributed by atoms with van der Waals surface area (Å²) >= 11 is 1.44. The number of nitrogens with zero attached hydrogens (tertiary/aromatic N) is 5. The number of aromatic nitrogens is 5. The summed E-state index contributed by atoms with van der Waals surface area (Å²) in [5.74, 6) is -4.62. The van der Waals surface area contributed by atoms with Crippen molar-refractivity contribution in [1.82, 2.24) is 30.0 Å². The summed E-state index contributed by atoms with van der Waals surface area (Å²) in [6.45, 7) is 3.80. The quantitative estimate of drug-likeness (QED) is 0.314. The highest BCUT2D eigenvalue weighted by Crippen LogP contribution is 2.43. The summed E-state index contributed by atoms with van der Waals surface area (Å²) in [5.41, 5.74) is 1.86. The van der Waals surface area contributed by atoms with Crippen LogP contribution in [0.1, 0.15) is 52.4 Å². The smallest absolute Gasteiger partial charge is 0.345 e. The number of aryl methyl sites for hydroxylation is 1. The molecular weight excluding hydrogens is 515 g/mol. The van der Waals surface area contributed by atoms with E-state index in [0.717, 1.165) is 22.7 Å². The van der Waals surface area contributed by atoms with Gasteiger partial charge in [0.25, 0.3) is 5.91 Å². The summed E-state index contributed by atoms with van der Waals surface area (Å²) in [5, 5.41) is 8.58. The standard InChI is InChI=1S/C24H21F5N6OS/c1-12-7-30-21(37-12)17-3-15(4-19-18(17)10-33-35(19)11-14-5-23(25,26)6-14)20(36)34-13(2)16-8-31-22(32-9-16)24(27,28)29/h3-4,7-10,13-14H,5-6,11H2,1-2H3,(H,34,36)/t13-/m1/s1. The second kappa shape index (κ2) is 9.12. The lowest BCUT2D eigenvalue weighted by Crippen LogP contribution is -2.37. The molecule has 0 saturated heterocycles. The zero-order chi connectivity index (χ0) is 26.5. The molecule has 37 heavy (non-hydrogen) atoms. The molecule has 1 fully saturated rings. The second-order valence-electron chi connectivity index (χ2n) is 9.22. The van der Waals surface area contributed by atoms with Gasteiger partial charge in [-0.15, -0.1) is 11.3 Å². The van der Waals surface area contributed by atoms with E-state index >= 15 is 0 Å². The fourth-order valence-corrected chi connectivity index (χ4v) is 5.13. The Morgan fingerprint density at radius 3 is 2.46 bits per heavy atom. The first kappa shape index (κ1) is 25.2. The third-order valence-corrected chi connectivity index (χ3v) is 7.20. The Balaban J connectivity index is 1.45. The first-order valence-electron chi connectivity index (χ1n) is 11.4. The number of carbonyl (C=O) groups is 1. The van der Waals surface area contributed by atoms with Gasteiger partial charge in [-0.2, -0.15) is 18.3 Å². The van der Waals surface area contributed by atoms with E-state index in [1.165, 1.54) is 11.3 Å². The van der Waals surface area contributed by atoms with Gasteiger partial charge in [0.1, 0.15) is 5.01 Å². The number of nitrogens with one attached hydrogen (secondary N) is 1. The maximum atomic E-state index is 13.4. The Hall–Kier alpha value is -3.48. The van der Waals surface area contributed by atoms with Crippen molar-refractivity contribution in [3.8, 4) is 10.6 Å². The number of hydrogen-bond donors (Lipinski definition) is 1. The third kappa shape index (κ3) is 5.17. The van der Waals surface area contributed by atoms with E-state index in [0.29, 0.717) is 28.2 Å². The molecule has 1 N–H and O–H groups in total. The molecule has 1 aliphatic rings. The van der Waals surface area contributed by atoms with Crippen LogP contribution in [0.4, 0.5) is 22.0 Å². The Labute approximate surface area is 211 Å². The maximum Gasteiger partial charge on any atom is 0.451 e. The van der Waals surface area contributed by atoms with Crippen LogP contribution >= 0.6 is 11.3 Å². The molecular formula is C24H21F5N6OS. The largest absolute Gasteiger partial charge is 0.451 e. The molecule has 1 aromatic carbocycles. The molecule has 7 nitrogen and oxygen atoms in total. The Kier molecular flexibility index (Phi) is 6.21. The molecule has 0 radical (unpaired) electrons. The van der Waals surface area contributed by atoms with E-state index < -0.39 is 29.9 Å². The third-order valence-electron chi connectivity index (χ3n) is 6.26. The molecule has 0 aliphatic heterocycles. The molecule has 0 unspecified atom stereocenters. The van der Waals surface area contributed by atoms with E-state index in [1.807, 2.05) is 6.92 Å². The predicted octanol–water partition coefficient (Wildman–Crippen LogP) is 5.81. The molecule has 3 heterocycles. The Morgan fingerprint density at radius 2 is 1.86 bits per heavy atom. The highest BCUT2D eigenvalue weighted by molar-refractivity contribution is 7.15. The minimum Gasteiger partial charge on any atom is -0.345 e. The van der Waals surface area contributed by atoms with Crippen molar-refractivity contribution in [2.75, 3.05) is 0 Å². The highest BCUT2D eigenvalue weighted by atomic mass is 32.1. The maximum absolute atomic E-state index is 13.4. The van der Waals surface area contributed by atoms with Crippen LogP contribution in [-0.4, -0.2) is 36.6 Å². The normalized spacial score (nSPS) is 16.5. The van der Waals surface area contributed by atoms with Crippen molar-refractivity contribution in [1.29, 1.82) is 0 Å². The zero-order valence-electron chi connectivity index (χ0n) is 19.7. The summed E-state index contributed by atoms with van der Waals surface area (Å²) < 4.78 is 66.7. The van der Waals surface area contributed by atoms with Gasteiger partial charge >= 0.3 is 6.18 Å². The minimum atomic E-state index is -4.66. The van der Waals surface area contributed by atoms with Gasteiger partial charge in [0.05, 0.1) is 17.8 Å². The summed E-state index contributed by atoms with van der Waals surface area (Å²) in [6, 6.07) is 2.63. The molecule has 1 aliphatic carbocycles. The van der Waals surface area contributed by atoms with Gasteiger partial charge in [-0.25, -0.2) is 23.7 Å². The molecule has 1 atom stereocenters. The predicted molar refractivity (Wildman–Crippen MR) is 126 cm³/mol. The minimum absolute atomic E-state index is 0.209. The van der Waals surface area contributed by atoms with Gasteiger partial charge in [0.2, 0.25) is 11.7 Å². The molecule has 3 aromatic heterocycles. The Bertz CT molecular complexity index is 1450. The van der Waals surface area contributed by atoms with E-state index in [2.05, 4.69) is 25.4 Å². The first-order chi connectivity index (χ1) is 17.4. The van der Waals surface area contributed by atoms with Crippen LogP contribution in [0.3, 0.4) is 0 Å². The van der Waals surface area contributed by atoms with Crippen molar-refractivity contribution >= 4 is 28.1 Å². The number of alkyl halides is 5. The van der Waals surface area contributed by atoms with Gasteiger partial charge in [-0.05, 0) is 31.9 Å². The average Bonchev–Trinajstić information content (AvgIpc) is 3.43. The van der Waals surface area contributed by atoms with Crippen molar-refractivity contribution in [2.45, 2.75) is 51.4 Å². The molecule has 1 amide bonds. The molecule has 194 valence electrons. The lowest BCUT2D eigenvalue weighted by molar-refractivity contribution is -0.145. The monoisotopic (exact) mass is 536 g/mol. The topological polar surface area (TPSA) is 85.6 Å². The fourth-order valence-electron chi connectivity index (χ4n) is 4.34. The fraction of sp³-hybridized carbons (Fsp3) is 0.375. The summed E-state index contributed by atoms with van der Waals surface area (Å²) in [4.78, 5) is 25.3. The number of hydrogen-bond acceptors (Lipinski definition) is 6. The highest BCUT2D eigenvalue weighted by Gasteiger charge is 2.45. The Morgan fingerprint density at radius 1 is 1.16 bits per heavy atom. The van der Waals surface area contributed by atoms with E-state index in [1.54, 1.807) is 36.1 Å². The molecule has 1 saturated carbocycles. The average molecular weight is 537 g/mol. The van der Waals surface area contributed by atoms with E-state index in [-0.39, 0.29) is 24.3 Å². The number of carbonyl (C=O) groups excluding carboxylic acids is 1. The van der Waals surface area contributed by atoms with Crippen LogP contribution in [0.2, 0.25) is 0 Å². The van der Waals surface area contributed by atoms with Crippen LogP contribution in [0.5, 0.6) is 0 Å². The second-order valence-corrected chi connectivity index (χ2v) is 10.5. The van der Waals surface area contributed by atoms with Crippen molar-refractivity contribution in [3.63, 3.8) is 0 Å². The summed E-state index contributed by atoms with van der Waals surface area (Å²) in [7, 11) is 0. The first-order valence-corrected chi connectivity index (χ1v) is 12.2. The molecule has 5 rings (SSSR count). The van der Waals surface area contributed by atoms with Crippen LogP contribution in [0, 0.1) is 12.8 Å². The number of rotatable bonds is 6. The van der Waals surface area contributed by atoms with Crippen molar-refractivity contribution in [3.05, 3.63) is 58.7 Å². The van der Waals surface area contributed by atoms with E-state index in [9.17, 15) is 26.7 Å². The van der Waals surface area contributed by atoms with Crippen LogP contribution in [-0.2, 0) is 12.7 Å². The van der Waals surface area contributed by atoms with E-state index in [4.69, 9.17) is 0 Å². The lowest BCUT2D eigenvalue weighted by Gasteiger charge is -2.34. The van der Waals surface area contributed by atoms with Gasteiger partial charge in [0.15, 0.2) is 0 Å². The van der Waals surface area contributed by atoms with Crippen molar-refractivity contribution < 1.29 is 26.7 Å². The SMILES string of the molecule is Cc1cnc(-c2cc(C(=O)N[C@H](C)c3cnc(C(F)(F)F)nc3)cc3c2cnn3CC2CC(F)(F)C2)s1. The van der Waals surface area contributed by atoms with Crippen LogP contribution in [0.25, 0.3) is 21.5 Å².